The van der Waals surface area contributed by atoms with Gasteiger partial charge in [0.2, 0.25) is 0 Å². The summed E-state index contributed by atoms with van der Waals surface area (Å²) in [5.41, 5.74) is 3.50. The Labute approximate surface area is 207 Å². The first-order valence-corrected chi connectivity index (χ1v) is 12.7. The van der Waals surface area contributed by atoms with Crippen molar-refractivity contribution in [2.45, 2.75) is 50.0 Å². The molecule has 5 heteroatoms. The van der Waals surface area contributed by atoms with Crippen LogP contribution in [0.15, 0.2) is 42.5 Å². The fraction of sp³-hybridized carbons (Fsp3) is 0.500. The second-order valence-electron chi connectivity index (χ2n) is 10.5. The SMILES string of the molecule is COCCOCOc1cc(C(O)C#Cc2ccc(C=O)cc2)ccc1C12CC3CC(CC(C3)C1)C2. The quantitative estimate of drug-likeness (QED) is 0.238. The minimum atomic E-state index is -0.942. The van der Waals surface area contributed by atoms with Gasteiger partial charge in [0.05, 0.1) is 13.2 Å². The van der Waals surface area contributed by atoms with Crippen LogP contribution in [0.1, 0.15) is 71.7 Å². The van der Waals surface area contributed by atoms with E-state index < -0.39 is 6.10 Å². The molecule has 4 fully saturated rings. The van der Waals surface area contributed by atoms with Crippen molar-refractivity contribution < 1.29 is 24.1 Å². The molecule has 6 rings (SSSR count). The van der Waals surface area contributed by atoms with Crippen LogP contribution in [0.25, 0.3) is 0 Å². The van der Waals surface area contributed by atoms with Crippen molar-refractivity contribution in [2.75, 3.05) is 27.1 Å². The molecule has 0 aliphatic heterocycles. The number of hydrogen-bond acceptors (Lipinski definition) is 5. The molecule has 35 heavy (non-hydrogen) atoms. The molecule has 0 spiro atoms. The lowest BCUT2D eigenvalue weighted by molar-refractivity contribution is -0.0190. The number of carbonyl (C=O) groups is 1. The maximum atomic E-state index is 10.9. The van der Waals surface area contributed by atoms with Gasteiger partial charge in [-0.3, -0.25) is 4.79 Å². The van der Waals surface area contributed by atoms with Crippen LogP contribution in [0.3, 0.4) is 0 Å². The Morgan fingerprint density at radius 1 is 1.03 bits per heavy atom. The van der Waals surface area contributed by atoms with Crippen LogP contribution in [-0.4, -0.2) is 38.5 Å². The van der Waals surface area contributed by atoms with E-state index in [2.05, 4.69) is 17.9 Å². The zero-order valence-corrected chi connectivity index (χ0v) is 20.4. The lowest BCUT2D eigenvalue weighted by atomic mass is 9.48. The summed E-state index contributed by atoms with van der Waals surface area (Å²) < 4.78 is 16.9. The molecule has 1 N–H and O–H groups in total. The smallest absolute Gasteiger partial charge is 0.189 e. The fourth-order valence-electron chi connectivity index (χ4n) is 6.89. The summed E-state index contributed by atoms with van der Waals surface area (Å²) in [7, 11) is 1.65. The number of aliphatic hydroxyl groups is 1. The van der Waals surface area contributed by atoms with Gasteiger partial charge >= 0.3 is 0 Å². The van der Waals surface area contributed by atoms with Gasteiger partial charge in [-0.15, -0.1) is 0 Å². The first-order valence-electron chi connectivity index (χ1n) is 12.7. The van der Waals surface area contributed by atoms with Gasteiger partial charge in [-0.1, -0.05) is 36.1 Å². The van der Waals surface area contributed by atoms with Crippen molar-refractivity contribution in [2.24, 2.45) is 17.8 Å². The molecule has 0 amide bonds. The van der Waals surface area contributed by atoms with Gasteiger partial charge in [-0.25, -0.2) is 0 Å². The maximum absolute atomic E-state index is 10.9. The highest BCUT2D eigenvalue weighted by atomic mass is 16.7. The van der Waals surface area contributed by atoms with Crippen LogP contribution < -0.4 is 4.74 Å². The topological polar surface area (TPSA) is 65.0 Å². The zero-order chi connectivity index (χ0) is 24.3. The number of ether oxygens (including phenoxy) is 3. The number of rotatable bonds is 9. The van der Waals surface area contributed by atoms with Crippen LogP contribution in [0, 0.1) is 29.6 Å². The summed E-state index contributed by atoms with van der Waals surface area (Å²) >= 11 is 0. The molecule has 5 nitrogen and oxygen atoms in total. The molecule has 4 aliphatic rings. The van der Waals surface area contributed by atoms with Crippen LogP contribution in [0.4, 0.5) is 0 Å². The van der Waals surface area contributed by atoms with Gasteiger partial charge < -0.3 is 19.3 Å². The molecule has 2 aromatic carbocycles. The third kappa shape index (κ3) is 5.30. The van der Waals surface area contributed by atoms with Crippen molar-refractivity contribution in [1.29, 1.82) is 0 Å². The Morgan fingerprint density at radius 2 is 1.71 bits per heavy atom. The summed E-state index contributed by atoms with van der Waals surface area (Å²) in [5.74, 6) is 9.23. The lowest BCUT2D eigenvalue weighted by Crippen LogP contribution is -2.48. The van der Waals surface area contributed by atoms with E-state index in [0.29, 0.717) is 24.3 Å². The second kappa shape index (κ2) is 10.5. The standard InChI is InChI=1S/C30H34O5/c1-33-10-11-34-20-35-29-15-26(28(32)9-6-21-2-4-22(19-31)5-3-21)7-8-27(29)30-16-23-12-24(17-30)14-25(13-23)18-30/h2-5,7-8,15,19,23-25,28,32H,10-14,16-18,20H2,1H3. The van der Waals surface area contributed by atoms with Crippen molar-refractivity contribution in [3.8, 4) is 17.6 Å². The predicted octanol–water partition coefficient (Wildman–Crippen LogP) is 5.05. The largest absolute Gasteiger partial charge is 0.467 e. The van der Waals surface area contributed by atoms with E-state index in [4.69, 9.17) is 14.2 Å². The van der Waals surface area contributed by atoms with Crippen LogP contribution in [0.2, 0.25) is 0 Å². The third-order valence-electron chi connectivity index (χ3n) is 8.06. The number of benzene rings is 2. The van der Waals surface area contributed by atoms with E-state index >= 15 is 0 Å². The number of hydrogen-bond donors (Lipinski definition) is 1. The average molecular weight is 475 g/mol. The van der Waals surface area contributed by atoms with Crippen molar-refractivity contribution in [1.82, 2.24) is 0 Å². The Bertz CT molecular complexity index is 1060. The molecule has 1 unspecified atom stereocenters. The summed E-state index contributed by atoms with van der Waals surface area (Å²) in [6, 6.07) is 13.1. The highest BCUT2D eigenvalue weighted by molar-refractivity contribution is 5.74. The Morgan fingerprint density at radius 3 is 2.34 bits per heavy atom. The van der Waals surface area contributed by atoms with E-state index in [1.54, 1.807) is 31.4 Å². The zero-order valence-electron chi connectivity index (χ0n) is 20.4. The summed E-state index contributed by atoms with van der Waals surface area (Å²) in [6.45, 7) is 1.14. The van der Waals surface area contributed by atoms with Crippen molar-refractivity contribution in [3.05, 3.63) is 64.7 Å². The molecule has 0 radical (unpaired) electrons. The Hall–Kier alpha value is -2.65. The van der Waals surface area contributed by atoms with Crippen LogP contribution in [-0.2, 0) is 14.9 Å². The third-order valence-corrected chi connectivity index (χ3v) is 8.06. The van der Waals surface area contributed by atoms with Crippen molar-refractivity contribution in [3.63, 3.8) is 0 Å². The number of aldehydes is 1. The average Bonchev–Trinajstić information content (AvgIpc) is 2.86. The predicted molar refractivity (Wildman–Crippen MR) is 133 cm³/mol. The van der Waals surface area contributed by atoms with Gasteiger partial charge in [-0.2, -0.15) is 0 Å². The van der Waals surface area contributed by atoms with Crippen LogP contribution in [0.5, 0.6) is 5.75 Å². The first kappa shape index (κ1) is 24.1. The minimum absolute atomic E-state index is 0.150. The molecule has 0 heterocycles. The first-order chi connectivity index (χ1) is 17.1. The molecule has 2 aromatic rings. The Balaban J connectivity index is 1.39. The fourth-order valence-corrected chi connectivity index (χ4v) is 6.89. The molecule has 0 saturated heterocycles. The van der Waals surface area contributed by atoms with E-state index in [1.807, 2.05) is 12.1 Å². The molecule has 4 bridgehead atoms. The highest BCUT2D eigenvalue weighted by Crippen LogP contribution is 2.62. The van der Waals surface area contributed by atoms with Gasteiger partial charge in [0, 0.05) is 23.8 Å². The summed E-state index contributed by atoms with van der Waals surface area (Å²) in [6.07, 6.45) is 7.72. The molecule has 1 atom stereocenters. The summed E-state index contributed by atoms with van der Waals surface area (Å²) in [5, 5.41) is 10.8. The highest BCUT2D eigenvalue weighted by Gasteiger charge is 2.52. The number of carbonyl (C=O) groups excluding carboxylic acids is 1. The lowest BCUT2D eigenvalue weighted by Gasteiger charge is -2.57. The molecule has 4 aliphatic carbocycles. The molecule has 0 aromatic heterocycles. The normalized spacial score (nSPS) is 27.2. The Kier molecular flexibility index (Phi) is 7.24. The van der Waals surface area contributed by atoms with E-state index in [-0.39, 0.29) is 12.2 Å². The molecular weight excluding hydrogens is 440 g/mol. The van der Waals surface area contributed by atoms with Gasteiger partial charge in [0.25, 0.3) is 0 Å². The molecular formula is C30H34O5. The van der Waals surface area contributed by atoms with Gasteiger partial charge in [0.15, 0.2) is 6.79 Å². The summed E-state index contributed by atoms with van der Waals surface area (Å²) in [4.78, 5) is 10.9. The maximum Gasteiger partial charge on any atom is 0.189 e. The number of aliphatic hydroxyl groups excluding tert-OH is 1. The van der Waals surface area contributed by atoms with Gasteiger partial charge in [0.1, 0.15) is 18.1 Å². The van der Waals surface area contributed by atoms with E-state index in [9.17, 15) is 9.90 Å². The van der Waals surface area contributed by atoms with Crippen molar-refractivity contribution >= 4 is 6.29 Å². The number of methoxy groups -OCH3 is 1. The van der Waals surface area contributed by atoms with E-state index in [1.165, 1.54) is 44.1 Å². The molecule has 4 saturated carbocycles. The monoisotopic (exact) mass is 474 g/mol. The second-order valence-corrected chi connectivity index (χ2v) is 10.5. The van der Waals surface area contributed by atoms with Gasteiger partial charge in [-0.05, 0) is 85.5 Å². The van der Waals surface area contributed by atoms with Crippen LogP contribution >= 0.6 is 0 Å². The molecule has 184 valence electrons. The van der Waals surface area contributed by atoms with E-state index in [0.717, 1.165) is 35.4 Å². The minimum Gasteiger partial charge on any atom is -0.467 e.